The van der Waals surface area contributed by atoms with Gasteiger partial charge in [0.1, 0.15) is 17.4 Å². The first-order valence-corrected chi connectivity index (χ1v) is 5.26. The average Bonchev–Trinajstić information content (AvgIpc) is 2.96. The lowest BCUT2D eigenvalue weighted by Crippen LogP contribution is -1.94. The van der Waals surface area contributed by atoms with Crippen molar-refractivity contribution in [2.24, 2.45) is 10.2 Å². The number of aromatic amines is 1. The molecule has 0 amide bonds. The standard InChI is InChI=1S/C10H12N6/c1-11-7-4-12-5-8-9(7)15-10(14-8)6-2-3-13-16-6/h4-6,11H,2-3H2,1H3,(H,14,15). The fourth-order valence-electron chi connectivity index (χ4n) is 1.88. The van der Waals surface area contributed by atoms with E-state index in [1.807, 2.05) is 7.05 Å². The highest BCUT2D eigenvalue weighted by molar-refractivity contribution is 5.87. The first-order chi connectivity index (χ1) is 7.88. The lowest BCUT2D eigenvalue weighted by Gasteiger charge is -1.98. The van der Waals surface area contributed by atoms with Crippen LogP contribution in [0.1, 0.15) is 18.3 Å². The van der Waals surface area contributed by atoms with E-state index in [-0.39, 0.29) is 6.04 Å². The van der Waals surface area contributed by atoms with E-state index in [1.54, 1.807) is 12.4 Å². The Balaban J connectivity index is 2.11. The monoisotopic (exact) mass is 216 g/mol. The molecule has 0 aromatic carbocycles. The molecular formula is C10H12N6. The summed E-state index contributed by atoms with van der Waals surface area (Å²) in [4.78, 5) is 11.9. The van der Waals surface area contributed by atoms with Crippen LogP contribution in [-0.4, -0.2) is 28.5 Å². The molecule has 16 heavy (non-hydrogen) atoms. The summed E-state index contributed by atoms with van der Waals surface area (Å²) in [6, 6.07) is 0.0807. The molecule has 1 aliphatic rings. The van der Waals surface area contributed by atoms with Gasteiger partial charge in [0.2, 0.25) is 0 Å². The number of H-pyrrole nitrogens is 1. The molecule has 82 valence electrons. The normalized spacial score (nSPS) is 19.4. The number of hydrogen-bond donors (Lipinski definition) is 2. The van der Waals surface area contributed by atoms with Crippen molar-refractivity contribution in [2.45, 2.75) is 12.5 Å². The molecule has 3 heterocycles. The second-order valence-electron chi connectivity index (χ2n) is 3.74. The van der Waals surface area contributed by atoms with Crippen LogP contribution >= 0.6 is 0 Å². The summed E-state index contributed by atoms with van der Waals surface area (Å²) in [6.07, 6.45) is 4.48. The van der Waals surface area contributed by atoms with E-state index in [9.17, 15) is 0 Å². The van der Waals surface area contributed by atoms with E-state index in [4.69, 9.17) is 0 Å². The number of anilines is 1. The summed E-state index contributed by atoms with van der Waals surface area (Å²) in [7, 11) is 1.86. The second kappa shape index (κ2) is 3.55. The predicted octanol–water partition coefficient (Wildman–Crippen LogP) is 1.90. The van der Waals surface area contributed by atoms with Crippen molar-refractivity contribution in [3.05, 3.63) is 18.2 Å². The van der Waals surface area contributed by atoms with Gasteiger partial charge in [-0.15, -0.1) is 0 Å². The fraction of sp³-hybridized carbons (Fsp3) is 0.400. The van der Waals surface area contributed by atoms with Gasteiger partial charge >= 0.3 is 0 Å². The van der Waals surface area contributed by atoms with E-state index in [0.29, 0.717) is 0 Å². The maximum atomic E-state index is 4.55. The maximum Gasteiger partial charge on any atom is 0.134 e. The van der Waals surface area contributed by atoms with Gasteiger partial charge in [-0.1, -0.05) is 0 Å². The Morgan fingerprint density at radius 2 is 2.38 bits per heavy atom. The van der Waals surface area contributed by atoms with Crippen LogP contribution in [0.2, 0.25) is 0 Å². The minimum absolute atomic E-state index is 0.0807. The zero-order valence-electron chi connectivity index (χ0n) is 8.94. The third kappa shape index (κ3) is 1.34. The molecule has 2 aromatic heterocycles. The Morgan fingerprint density at radius 1 is 1.44 bits per heavy atom. The Kier molecular flexibility index (Phi) is 2.05. The fourth-order valence-corrected chi connectivity index (χ4v) is 1.88. The molecule has 1 aliphatic heterocycles. The van der Waals surface area contributed by atoms with Crippen LogP contribution < -0.4 is 5.32 Å². The zero-order chi connectivity index (χ0) is 11.0. The van der Waals surface area contributed by atoms with Crippen molar-refractivity contribution < 1.29 is 0 Å². The molecule has 0 saturated heterocycles. The van der Waals surface area contributed by atoms with Gasteiger partial charge in [-0.05, 0) is 0 Å². The molecule has 1 atom stereocenters. The molecule has 0 radical (unpaired) electrons. The molecule has 1 unspecified atom stereocenters. The van der Waals surface area contributed by atoms with Crippen molar-refractivity contribution in [1.82, 2.24) is 15.0 Å². The highest BCUT2D eigenvalue weighted by atomic mass is 15.2. The van der Waals surface area contributed by atoms with Gasteiger partial charge in [0.25, 0.3) is 0 Å². The number of rotatable bonds is 2. The van der Waals surface area contributed by atoms with Gasteiger partial charge < -0.3 is 10.3 Å². The van der Waals surface area contributed by atoms with Gasteiger partial charge in [-0.2, -0.15) is 10.2 Å². The Hall–Kier alpha value is -1.98. The number of imidazole rings is 1. The number of fused-ring (bicyclic) bond motifs is 1. The second-order valence-corrected chi connectivity index (χ2v) is 3.74. The molecule has 0 aliphatic carbocycles. The zero-order valence-corrected chi connectivity index (χ0v) is 8.94. The van der Waals surface area contributed by atoms with Gasteiger partial charge in [0.05, 0.1) is 30.1 Å². The minimum atomic E-state index is 0.0807. The van der Waals surface area contributed by atoms with Crippen molar-refractivity contribution in [2.75, 3.05) is 18.9 Å². The first-order valence-electron chi connectivity index (χ1n) is 5.26. The van der Waals surface area contributed by atoms with Crippen LogP contribution in [0.5, 0.6) is 0 Å². The Bertz CT molecular complexity index is 543. The average molecular weight is 216 g/mol. The highest BCUT2D eigenvalue weighted by Gasteiger charge is 2.19. The van der Waals surface area contributed by atoms with Crippen LogP contribution in [-0.2, 0) is 0 Å². The maximum absolute atomic E-state index is 4.55. The Labute approximate surface area is 92.2 Å². The number of nitrogens with one attached hydrogen (secondary N) is 2. The van der Waals surface area contributed by atoms with Gasteiger partial charge in [0, 0.05) is 13.5 Å². The number of hydrogen-bond acceptors (Lipinski definition) is 5. The quantitative estimate of drug-likeness (QED) is 0.804. The molecule has 6 heteroatoms. The smallest absolute Gasteiger partial charge is 0.134 e. The summed E-state index contributed by atoms with van der Waals surface area (Å²) in [5, 5.41) is 11.2. The van der Waals surface area contributed by atoms with Crippen LogP contribution in [0.3, 0.4) is 0 Å². The molecule has 3 rings (SSSR count). The van der Waals surface area contributed by atoms with E-state index in [0.717, 1.165) is 35.5 Å². The lowest BCUT2D eigenvalue weighted by atomic mass is 10.2. The molecule has 0 bridgehead atoms. The van der Waals surface area contributed by atoms with Crippen molar-refractivity contribution >= 4 is 16.7 Å². The summed E-state index contributed by atoms with van der Waals surface area (Å²) in [6.45, 7) is 0.791. The van der Waals surface area contributed by atoms with Gasteiger partial charge in [0.15, 0.2) is 0 Å². The molecule has 6 nitrogen and oxygen atoms in total. The SMILES string of the molecule is CNc1cncc2[nH]c(C3CCN=N3)nc12. The van der Waals surface area contributed by atoms with Crippen LogP contribution in [0.25, 0.3) is 11.0 Å². The number of aromatic nitrogens is 3. The third-order valence-corrected chi connectivity index (χ3v) is 2.72. The topological polar surface area (TPSA) is 78.3 Å². The minimum Gasteiger partial charge on any atom is -0.385 e. The molecular weight excluding hydrogens is 204 g/mol. The molecule has 0 saturated carbocycles. The van der Waals surface area contributed by atoms with Gasteiger partial charge in [-0.25, -0.2) is 4.98 Å². The third-order valence-electron chi connectivity index (χ3n) is 2.72. The van der Waals surface area contributed by atoms with Crippen LogP contribution in [0.15, 0.2) is 22.6 Å². The molecule has 0 fully saturated rings. The Morgan fingerprint density at radius 3 is 3.12 bits per heavy atom. The highest BCUT2D eigenvalue weighted by Crippen LogP contribution is 2.27. The van der Waals surface area contributed by atoms with E-state index in [2.05, 4.69) is 30.5 Å². The van der Waals surface area contributed by atoms with Crippen LogP contribution in [0.4, 0.5) is 5.69 Å². The number of nitrogens with zero attached hydrogens (tertiary/aromatic N) is 4. The first kappa shape index (κ1) is 9.26. The lowest BCUT2D eigenvalue weighted by molar-refractivity contribution is 0.697. The largest absolute Gasteiger partial charge is 0.385 e. The summed E-state index contributed by atoms with van der Waals surface area (Å²) >= 11 is 0. The summed E-state index contributed by atoms with van der Waals surface area (Å²) in [5.41, 5.74) is 2.77. The predicted molar refractivity (Wildman–Crippen MR) is 60.5 cm³/mol. The number of azo groups is 1. The number of pyridine rings is 1. The molecule has 2 aromatic rings. The van der Waals surface area contributed by atoms with Crippen molar-refractivity contribution in [3.8, 4) is 0 Å². The van der Waals surface area contributed by atoms with E-state index in [1.165, 1.54) is 0 Å². The summed E-state index contributed by atoms with van der Waals surface area (Å²) < 4.78 is 0. The van der Waals surface area contributed by atoms with Crippen molar-refractivity contribution in [3.63, 3.8) is 0 Å². The molecule has 2 N–H and O–H groups in total. The van der Waals surface area contributed by atoms with Crippen LogP contribution in [0, 0.1) is 0 Å². The molecule has 0 spiro atoms. The van der Waals surface area contributed by atoms with E-state index < -0.39 is 0 Å². The van der Waals surface area contributed by atoms with Crippen molar-refractivity contribution in [1.29, 1.82) is 0 Å². The van der Waals surface area contributed by atoms with Gasteiger partial charge in [-0.3, -0.25) is 4.98 Å². The van der Waals surface area contributed by atoms with E-state index >= 15 is 0 Å². The summed E-state index contributed by atoms with van der Waals surface area (Å²) in [5.74, 6) is 0.876.